The fraction of sp³-hybridized carbons (Fsp3) is 0.280. The molecule has 5 rings (SSSR count). The van der Waals surface area contributed by atoms with E-state index in [9.17, 15) is 14.0 Å². The largest absolute Gasteiger partial charge is 0.338 e. The first-order valence-electron chi connectivity index (χ1n) is 11.4. The van der Waals surface area contributed by atoms with Crippen LogP contribution in [-0.2, 0) is 24.3 Å². The first-order valence-corrected chi connectivity index (χ1v) is 11.7. The van der Waals surface area contributed by atoms with Crippen LogP contribution in [0, 0.1) is 5.82 Å². The van der Waals surface area contributed by atoms with Crippen molar-refractivity contribution in [2.24, 2.45) is 0 Å². The molecule has 0 saturated carbocycles. The lowest BCUT2D eigenvalue weighted by Gasteiger charge is -2.24. The smallest absolute Gasteiger partial charge is 0.250 e. The summed E-state index contributed by atoms with van der Waals surface area (Å²) in [4.78, 5) is 30.8. The number of carbonyl (C=O) groups is 1. The minimum Gasteiger partial charge on any atom is -0.338 e. The summed E-state index contributed by atoms with van der Waals surface area (Å²) in [6, 6.07) is 10.3. The van der Waals surface area contributed by atoms with Crippen molar-refractivity contribution in [3.8, 4) is 0 Å². The van der Waals surface area contributed by atoms with E-state index in [1.54, 1.807) is 35.1 Å². The SMILES string of the molecule is CC(C)N1CCc2cc(Nc3cc4cc(Cn5ccccc5=O)c(F)c(Cl)c4cn3)nn2CC1=O. The highest BCUT2D eigenvalue weighted by Crippen LogP contribution is 2.31. The number of nitrogens with one attached hydrogen (secondary N) is 1. The number of hydrogen-bond donors (Lipinski definition) is 1. The molecule has 0 radical (unpaired) electrons. The molecule has 1 aliphatic rings. The molecule has 1 amide bonds. The molecule has 3 aromatic heterocycles. The molecule has 0 atom stereocenters. The molecule has 8 nitrogen and oxygen atoms in total. The molecule has 35 heavy (non-hydrogen) atoms. The standard InChI is InChI=1S/C25H24ClFN6O2/c1-15(2)32-8-6-18-11-21(30-33(18)14-23(32)35)29-20-10-16-9-17(13-31-7-4-3-5-22(31)34)25(27)24(26)19(16)12-28-20/h3-5,7,9-12,15H,6,8,13-14H2,1-2H3,(H,28,29,30). The van der Waals surface area contributed by atoms with E-state index in [0.717, 1.165) is 5.69 Å². The number of benzene rings is 1. The number of nitrogens with zero attached hydrogens (tertiary/aromatic N) is 5. The molecule has 1 N–H and O–H groups in total. The van der Waals surface area contributed by atoms with Gasteiger partial charge in [0, 0.05) is 60.2 Å². The van der Waals surface area contributed by atoms with Crippen LogP contribution in [0.25, 0.3) is 10.8 Å². The second-order valence-corrected chi connectivity index (χ2v) is 9.23. The van der Waals surface area contributed by atoms with Crippen molar-refractivity contribution in [1.82, 2.24) is 24.2 Å². The predicted octanol–water partition coefficient (Wildman–Crippen LogP) is 3.97. The van der Waals surface area contributed by atoms with Gasteiger partial charge in [0.1, 0.15) is 18.2 Å². The third-order valence-electron chi connectivity index (χ3n) is 6.17. The summed E-state index contributed by atoms with van der Waals surface area (Å²) in [5.74, 6) is 0.544. The number of aromatic nitrogens is 4. The number of fused-ring (bicyclic) bond motifs is 2. The topological polar surface area (TPSA) is 85.0 Å². The molecule has 0 aliphatic carbocycles. The monoisotopic (exact) mass is 494 g/mol. The highest BCUT2D eigenvalue weighted by Gasteiger charge is 2.24. The molecule has 1 aromatic carbocycles. The van der Waals surface area contributed by atoms with Crippen molar-refractivity contribution >= 4 is 39.9 Å². The minimum absolute atomic E-state index is 0.0394. The van der Waals surface area contributed by atoms with Crippen LogP contribution >= 0.6 is 11.6 Å². The summed E-state index contributed by atoms with van der Waals surface area (Å²) in [5, 5.41) is 8.82. The molecule has 0 saturated heterocycles. The van der Waals surface area contributed by atoms with Crippen LogP contribution in [0.1, 0.15) is 25.1 Å². The van der Waals surface area contributed by atoms with E-state index in [1.807, 2.05) is 24.8 Å². The van der Waals surface area contributed by atoms with Crippen molar-refractivity contribution in [2.45, 2.75) is 39.4 Å². The molecule has 0 fully saturated rings. The van der Waals surface area contributed by atoms with Crippen LogP contribution in [0.5, 0.6) is 0 Å². The lowest BCUT2D eigenvalue weighted by atomic mass is 10.1. The van der Waals surface area contributed by atoms with Crippen molar-refractivity contribution in [3.05, 3.63) is 81.2 Å². The van der Waals surface area contributed by atoms with Crippen LogP contribution in [0.2, 0.25) is 5.02 Å². The minimum atomic E-state index is -0.574. The van der Waals surface area contributed by atoms with Gasteiger partial charge in [-0.05, 0) is 37.4 Å². The molecule has 1 aliphatic heterocycles. The maximum atomic E-state index is 14.9. The van der Waals surface area contributed by atoms with Gasteiger partial charge in [-0.25, -0.2) is 9.37 Å². The van der Waals surface area contributed by atoms with Gasteiger partial charge in [0.25, 0.3) is 5.56 Å². The second-order valence-electron chi connectivity index (χ2n) is 8.86. The molecule has 4 aromatic rings. The van der Waals surface area contributed by atoms with Crippen LogP contribution in [-0.4, -0.2) is 42.7 Å². The highest BCUT2D eigenvalue weighted by atomic mass is 35.5. The molecule has 180 valence electrons. The summed E-state index contributed by atoms with van der Waals surface area (Å²) in [6.07, 6.45) is 3.82. The van der Waals surface area contributed by atoms with Crippen LogP contribution in [0.4, 0.5) is 16.0 Å². The third-order valence-corrected chi connectivity index (χ3v) is 6.54. The molecular formula is C25H24ClFN6O2. The predicted molar refractivity (Wildman–Crippen MR) is 133 cm³/mol. The zero-order valence-electron chi connectivity index (χ0n) is 19.3. The summed E-state index contributed by atoms with van der Waals surface area (Å²) in [6.45, 7) is 4.91. The first kappa shape index (κ1) is 23.0. The van der Waals surface area contributed by atoms with E-state index >= 15 is 0 Å². The second kappa shape index (κ2) is 9.14. The van der Waals surface area contributed by atoms with Gasteiger partial charge in [0.15, 0.2) is 5.82 Å². The Bertz CT molecular complexity index is 1500. The average Bonchev–Trinajstić information content (AvgIpc) is 3.11. The molecule has 0 unspecified atom stereocenters. The van der Waals surface area contributed by atoms with Gasteiger partial charge >= 0.3 is 0 Å². The lowest BCUT2D eigenvalue weighted by Crippen LogP contribution is -2.38. The average molecular weight is 495 g/mol. The van der Waals surface area contributed by atoms with E-state index < -0.39 is 5.82 Å². The van der Waals surface area contributed by atoms with Gasteiger partial charge in [-0.3, -0.25) is 14.3 Å². The number of halogens is 2. The Morgan fingerprint density at radius 1 is 1.17 bits per heavy atom. The fourth-order valence-corrected chi connectivity index (χ4v) is 4.63. The van der Waals surface area contributed by atoms with E-state index in [4.69, 9.17) is 11.6 Å². The van der Waals surface area contributed by atoms with Gasteiger partial charge in [0.05, 0.1) is 11.6 Å². The summed E-state index contributed by atoms with van der Waals surface area (Å²) in [7, 11) is 0. The highest BCUT2D eigenvalue weighted by molar-refractivity contribution is 6.35. The number of pyridine rings is 2. The van der Waals surface area contributed by atoms with Gasteiger partial charge < -0.3 is 14.8 Å². The zero-order valence-corrected chi connectivity index (χ0v) is 20.1. The van der Waals surface area contributed by atoms with E-state index in [0.29, 0.717) is 40.9 Å². The molecular weight excluding hydrogens is 471 g/mol. The summed E-state index contributed by atoms with van der Waals surface area (Å²) < 4.78 is 18.1. The van der Waals surface area contributed by atoms with Gasteiger partial charge in [-0.1, -0.05) is 17.7 Å². The van der Waals surface area contributed by atoms with Crippen molar-refractivity contribution < 1.29 is 9.18 Å². The van der Waals surface area contributed by atoms with E-state index in [2.05, 4.69) is 15.4 Å². The van der Waals surface area contributed by atoms with Gasteiger partial charge in [-0.2, -0.15) is 5.10 Å². The number of hydrogen-bond acceptors (Lipinski definition) is 5. The molecule has 0 spiro atoms. The Labute approximate surface area is 205 Å². The molecule has 10 heteroatoms. The number of amides is 1. The Balaban J connectivity index is 1.42. The van der Waals surface area contributed by atoms with Crippen molar-refractivity contribution in [3.63, 3.8) is 0 Å². The Hall–Kier alpha value is -3.72. The number of carbonyl (C=O) groups excluding carboxylic acids is 1. The molecule has 0 bridgehead atoms. The number of anilines is 2. The lowest BCUT2D eigenvalue weighted by molar-refractivity contribution is -0.133. The fourth-order valence-electron chi connectivity index (χ4n) is 4.35. The first-order chi connectivity index (χ1) is 16.8. The Morgan fingerprint density at radius 2 is 2.00 bits per heavy atom. The maximum Gasteiger partial charge on any atom is 0.250 e. The van der Waals surface area contributed by atoms with Crippen molar-refractivity contribution in [1.29, 1.82) is 0 Å². The Kier molecular flexibility index (Phi) is 6.02. The Morgan fingerprint density at radius 3 is 2.77 bits per heavy atom. The van der Waals surface area contributed by atoms with Gasteiger partial charge in [-0.15, -0.1) is 0 Å². The van der Waals surface area contributed by atoms with Crippen molar-refractivity contribution in [2.75, 3.05) is 11.9 Å². The van der Waals surface area contributed by atoms with E-state index in [-0.39, 0.29) is 35.6 Å². The molecule has 4 heterocycles. The normalized spacial score (nSPS) is 13.9. The quantitative estimate of drug-likeness (QED) is 0.454. The van der Waals surface area contributed by atoms with E-state index in [1.165, 1.54) is 16.8 Å². The summed E-state index contributed by atoms with van der Waals surface area (Å²) in [5.41, 5.74) is 1.04. The number of rotatable bonds is 5. The third kappa shape index (κ3) is 4.51. The van der Waals surface area contributed by atoms with Crippen LogP contribution < -0.4 is 10.9 Å². The summed E-state index contributed by atoms with van der Waals surface area (Å²) >= 11 is 6.31. The van der Waals surface area contributed by atoms with Crippen LogP contribution in [0.3, 0.4) is 0 Å². The maximum absolute atomic E-state index is 14.9. The van der Waals surface area contributed by atoms with Gasteiger partial charge in [0.2, 0.25) is 5.91 Å². The van der Waals surface area contributed by atoms with Crippen LogP contribution in [0.15, 0.2) is 53.6 Å². The zero-order chi connectivity index (χ0) is 24.7.